The zero-order valence-electron chi connectivity index (χ0n) is 13.4. The molecular formula is C19H17ClN2O3. The standard InChI is InChI=1S/C19H17ClN2O3/c20-15-6-3-14(4-7-15)5-12-18(19-2-1-13-25-19)21-16-8-10-17(11-9-16)22(23)24/h1-4,6-11,13,18,21H,5,12H2. The summed E-state index contributed by atoms with van der Waals surface area (Å²) in [4.78, 5) is 10.4. The number of nitrogens with zero attached hydrogens (tertiary/aromatic N) is 1. The first-order valence-electron chi connectivity index (χ1n) is 7.90. The predicted molar refractivity (Wildman–Crippen MR) is 97.9 cm³/mol. The van der Waals surface area contributed by atoms with Crippen LogP contribution in [0.1, 0.15) is 23.8 Å². The molecule has 1 aromatic heterocycles. The Morgan fingerprint density at radius 3 is 2.40 bits per heavy atom. The highest BCUT2D eigenvalue weighted by molar-refractivity contribution is 6.30. The van der Waals surface area contributed by atoms with Gasteiger partial charge in [-0.25, -0.2) is 0 Å². The van der Waals surface area contributed by atoms with Gasteiger partial charge in [0.05, 0.1) is 17.2 Å². The van der Waals surface area contributed by atoms with Gasteiger partial charge in [-0.2, -0.15) is 0 Å². The van der Waals surface area contributed by atoms with Gasteiger partial charge in [-0.1, -0.05) is 23.7 Å². The van der Waals surface area contributed by atoms with E-state index in [1.165, 1.54) is 17.7 Å². The van der Waals surface area contributed by atoms with E-state index in [1.54, 1.807) is 18.4 Å². The molecule has 25 heavy (non-hydrogen) atoms. The Kier molecular flexibility index (Phi) is 5.36. The van der Waals surface area contributed by atoms with Gasteiger partial charge in [0.15, 0.2) is 0 Å². The Labute approximate surface area is 150 Å². The summed E-state index contributed by atoms with van der Waals surface area (Å²) >= 11 is 5.92. The number of benzene rings is 2. The highest BCUT2D eigenvalue weighted by Crippen LogP contribution is 2.26. The van der Waals surface area contributed by atoms with Crippen LogP contribution < -0.4 is 5.32 Å². The second-order valence-corrected chi connectivity index (χ2v) is 6.12. The van der Waals surface area contributed by atoms with E-state index < -0.39 is 4.92 Å². The molecule has 0 amide bonds. The van der Waals surface area contributed by atoms with Crippen molar-refractivity contribution in [1.82, 2.24) is 0 Å². The van der Waals surface area contributed by atoms with Gasteiger partial charge >= 0.3 is 0 Å². The highest BCUT2D eigenvalue weighted by Gasteiger charge is 2.15. The van der Waals surface area contributed by atoms with Gasteiger partial charge < -0.3 is 9.73 Å². The number of aryl methyl sites for hydroxylation is 1. The van der Waals surface area contributed by atoms with Gasteiger partial charge in [-0.3, -0.25) is 10.1 Å². The molecule has 3 rings (SSSR count). The van der Waals surface area contributed by atoms with Crippen LogP contribution in [0.15, 0.2) is 71.3 Å². The van der Waals surface area contributed by atoms with Crippen LogP contribution in [0.2, 0.25) is 5.02 Å². The SMILES string of the molecule is O=[N+]([O-])c1ccc(NC(CCc2ccc(Cl)cc2)c2ccco2)cc1. The van der Waals surface area contributed by atoms with E-state index in [0.717, 1.165) is 29.3 Å². The first kappa shape index (κ1) is 17.0. The minimum Gasteiger partial charge on any atom is -0.467 e. The largest absolute Gasteiger partial charge is 0.467 e. The van der Waals surface area contributed by atoms with Crippen molar-refractivity contribution in [3.8, 4) is 0 Å². The molecule has 0 aliphatic carbocycles. The van der Waals surface area contributed by atoms with Crippen molar-refractivity contribution in [2.75, 3.05) is 5.32 Å². The Morgan fingerprint density at radius 2 is 1.80 bits per heavy atom. The molecule has 128 valence electrons. The molecular weight excluding hydrogens is 340 g/mol. The monoisotopic (exact) mass is 356 g/mol. The molecule has 1 atom stereocenters. The number of halogens is 1. The number of rotatable bonds is 7. The van der Waals surface area contributed by atoms with Crippen LogP contribution in [-0.2, 0) is 6.42 Å². The van der Waals surface area contributed by atoms with Crippen LogP contribution in [0.3, 0.4) is 0 Å². The third kappa shape index (κ3) is 4.61. The number of nitro groups is 1. The Balaban J connectivity index is 1.71. The van der Waals surface area contributed by atoms with Crippen molar-refractivity contribution in [3.63, 3.8) is 0 Å². The zero-order chi connectivity index (χ0) is 17.6. The second-order valence-electron chi connectivity index (χ2n) is 5.68. The Morgan fingerprint density at radius 1 is 1.08 bits per heavy atom. The molecule has 6 heteroatoms. The fourth-order valence-electron chi connectivity index (χ4n) is 2.62. The number of non-ortho nitro benzene ring substituents is 1. The summed E-state index contributed by atoms with van der Waals surface area (Å²) in [7, 11) is 0. The fourth-order valence-corrected chi connectivity index (χ4v) is 2.74. The van der Waals surface area contributed by atoms with E-state index in [0.29, 0.717) is 0 Å². The fraction of sp³-hybridized carbons (Fsp3) is 0.158. The lowest BCUT2D eigenvalue weighted by Crippen LogP contribution is -2.11. The normalized spacial score (nSPS) is 11.9. The van der Waals surface area contributed by atoms with Crippen LogP contribution in [-0.4, -0.2) is 4.92 Å². The molecule has 3 aromatic rings. The molecule has 0 spiro atoms. The highest BCUT2D eigenvalue weighted by atomic mass is 35.5. The van der Waals surface area contributed by atoms with Crippen LogP contribution in [0, 0.1) is 10.1 Å². The average Bonchev–Trinajstić information content (AvgIpc) is 3.15. The maximum atomic E-state index is 10.8. The third-order valence-corrected chi connectivity index (χ3v) is 4.19. The number of hydrogen-bond acceptors (Lipinski definition) is 4. The minimum absolute atomic E-state index is 0.0351. The molecule has 0 bridgehead atoms. The molecule has 0 radical (unpaired) electrons. The third-order valence-electron chi connectivity index (χ3n) is 3.94. The van der Waals surface area contributed by atoms with Crippen molar-refractivity contribution in [2.24, 2.45) is 0 Å². The summed E-state index contributed by atoms with van der Waals surface area (Å²) in [6, 6.07) is 17.9. The molecule has 5 nitrogen and oxygen atoms in total. The summed E-state index contributed by atoms with van der Waals surface area (Å²) in [5, 5.41) is 14.9. The Hall–Kier alpha value is -2.79. The number of furan rings is 1. The second kappa shape index (κ2) is 7.85. The van der Waals surface area contributed by atoms with E-state index in [9.17, 15) is 10.1 Å². The van der Waals surface area contributed by atoms with Crippen molar-refractivity contribution >= 4 is 23.0 Å². The molecule has 1 N–H and O–H groups in total. The molecule has 1 unspecified atom stereocenters. The molecule has 2 aromatic carbocycles. The quantitative estimate of drug-likeness (QED) is 0.440. The van der Waals surface area contributed by atoms with E-state index in [4.69, 9.17) is 16.0 Å². The van der Waals surface area contributed by atoms with Gasteiger partial charge in [0.2, 0.25) is 0 Å². The average molecular weight is 357 g/mol. The minimum atomic E-state index is -0.408. The lowest BCUT2D eigenvalue weighted by Gasteiger charge is -2.18. The van der Waals surface area contributed by atoms with Crippen molar-refractivity contribution in [2.45, 2.75) is 18.9 Å². The summed E-state index contributed by atoms with van der Waals surface area (Å²) in [6.07, 6.45) is 3.30. The topological polar surface area (TPSA) is 68.3 Å². The van der Waals surface area contributed by atoms with Gasteiger partial charge in [0, 0.05) is 22.8 Å². The molecule has 0 saturated carbocycles. The number of nitrogens with one attached hydrogen (secondary N) is 1. The van der Waals surface area contributed by atoms with E-state index >= 15 is 0 Å². The molecule has 0 aliphatic heterocycles. The van der Waals surface area contributed by atoms with Gasteiger partial charge in [0.1, 0.15) is 5.76 Å². The van der Waals surface area contributed by atoms with Crippen LogP contribution in [0.4, 0.5) is 11.4 Å². The Bertz CT molecular complexity index is 815. The lowest BCUT2D eigenvalue weighted by molar-refractivity contribution is -0.384. The van der Waals surface area contributed by atoms with Crippen LogP contribution in [0.25, 0.3) is 0 Å². The van der Waals surface area contributed by atoms with Gasteiger partial charge in [-0.05, 0) is 54.8 Å². The smallest absolute Gasteiger partial charge is 0.269 e. The zero-order valence-corrected chi connectivity index (χ0v) is 14.1. The molecule has 0 aliphatic rings. The predicted octanol–water partition coefficient (Wildman–Crippen LogP) is 5.63. The number of hydrogen-bond donors (Lipinski definition) is 1. The van der Waals surface area contributed by atoms with E-state index in [1.807, 2.05) is 36.4 Å². The van der Waals surface area contributed by atoms with Crippen LogP contribution in [0.5, 0.6) is 0 Å². The molecule has 1 heterocycles. The summed E-state index contributed by atoms with van der Waals surface area (Å²) < 4.78 is 5.55. The summed E-state index contributed by atoms with van der Waals surface area (Å²) in [5.74, 6) is 0.826. The maximum Gasteiger partial charge on any atom is 0.269 e. The molecule has 0 saturated heterocycles. The first-order chi connectivity index (χ1) is 12.1. The van der Waals surface area contributed by atoms with Crippen LogP contribution >= 0.6 is 11.6 Å². The number of anilines is 1. The van der Waals surface area contributed by atoms with Gasteiger partial charge in [0.25, 0.3) is 5.69 Å². The van der Waals surface area contributed by atoms with Crippen molar-refractivity contribution < 1.29 is 9.34 Å². The van der Waals surface area contributed by atoms with Crippen molar-refractivity contribution in [1.29, 1.82) is 0 Å². The maximum absolute atomic E-state index is 10.8. The molecule has 0 fully saturated rings. The van der Waals surface area contributed by atoms with Crippen molar-refractivity contribution in [3.05, 3.63) is 93.4 Å². The van der Waals surface area contributed by atoms with Gasteiger partial charge in [-0.15, -0.1) is 0 Å². The lowest BCUT2D eigenvalue weighted by atomic mass is 10.0. The first-order valence-corrected chi connectivity index (χ1v) is 8.28. The summed E-state index contributed by atoms with van der Waals surface area (Å²) in [5.41, 5.74) is 2.07. The summed E-state index contributed by atoms with van der Waals surface area (Å²) in [6.45, 7) is 0. The van der Waals surface area contributed by atoms with E-state index in [-0.39, 0.29) is 11.7 Å². The number of nitro benzene ring substituents is 1. The van der Waals surface area contributed by atoms with E-state index in [2.05, 4.69) is 5.32 Å².